The lowest BCUT2D eigenvalue weighted by molar-refractivity contribution is 0.940. The first kappa shape index (κ1) is 9.56. The van der Waals surface area contributed by atoms with Crippen LogP contribution in [-0.4, -0.2) is 11.5 Å². The van der Waals surface area contributed by atoms with Crippen molar-refractivity contribution in [1.82, 2.24) is 4.98 Å². The van der Waals surface area contributed by atoms with E-state index in [1.54, 1.807) is 0 Å². The SMILES string of the molecule is Cc1ccc2c(Cl)c(CCN)[nH]c2c1. The van der Waals surface area contributed by atoms with Crippen LogP contribution in [0, 0.1) is 6.92 Å². The molecule has 0 radical (unpaired) electrons. The maximum Gasteiger partial charge on any atom is 0.0692 e. The lowest BCUT2D eigenvalue weighted by Gasteiger charge is -1.93. The van der Waals surface area contributed by atoms with Crippen LogP contribution in [0.4, 0.5) is 0 Å². The molecule has 0 saturated heterocycles. The molecule has 74 valence electrons. The predicted molar refractivity (Wildman–Crippen MR) is 60.8 cm³/mol. The number of H-pyrrole nitrogens is 1. The van der Waals surface area contributed by atoms with E-state index in [4.69, 9.17) is 17.3 Å². The molecule has 3 heteroatoms. The van der Waals surface area contributed by atoms with Crippen molar-refractivity contribution in [1.29, 1.82) is 0 Å². The first-order chi connectivity index (χ1) is 6.72. The molecule has 0 saturated carbocycles. The van der Waals surface area contributed by atoms with Gasteiger partial charge in [-0.2, -0.15) is 0 Å². The monoisotopic (exact) mass is 208 g/mol. The highest BCUT2D eigenvalue weighted by Gasteiger charge is 2.07. The van der Waals surface area contributed by atoms with Crippen LogP contribution in [0.25, 0.3) is 10.9 Å². The molecule has 0 amide bonds. The minimum atomic E-state index is 0.617. The van der Waals surface area contributed by atoms with Crippen molar-refractivity contribution < 1.29 is 0 Å². The topological polar surface area (TPSA) is 41.8 Å². The zero-order chi connectivity index (χ0) is 10.1. The van der Waals surface area contributed by atoms with Crippen molar-refractivity contribution in [3.63, 3.8) is 0 Å². The van der Waals surface area contributed by atoms with Crippen LogP contribution in [0.2, 0.25) is 5.02 Å². The van der Waals surface area contributed by atoms with Gasteiger partial charge in [0, 0.05) is 23.0 Å². The van der Waals surface area contributed by atoms with E-state index < -0.39 is 0 Å². The molecule has 1 heterocycles. The molecule has 3 N–H and O–H groups in total. The minimum absolute atomic E-state index is 0.617. The summed E-state index contributed by atoms with van der Waals surface area (Å²) in [5.41, 5.74) is 8.87. The van der Waals surface area contributed by atoms with E-state index >= 15 is 0 Å². The largest absolute Gasteiger partial charge is 0.357 e. The van der Waals surface area contributed by atoms with E-state index in [2.05, 4.69) is 24.0 Å². The lowest BCUT2D eigenvalue weighted by atomic mass is 10.2. The van der Waals surface area contributed by atoms with Gasteiger partial charge in [0.15, 0.2) is 0 Å². The lowest BCUT2D eigenvalue weighted by Crippen LogP contribution is -2.02. The molecule has 2 nitrogen and oxygen atoms in total. The summed E-state index contributed by atoms with van der Waals surface area (Å²) in [5.74, 6) is 0. The average Bonchev–Trinajstić information content (AvgIpc) is 2.44. The van der Waals surface area contributed by atoms with Crippen LogP contribution < -0.4 is 5.73 Å². The molecule has 0 spiro atoms. The zero-order valence-corrected chi connectivity index (χ0v) is 8.86. The van der Waals surface area contributed by atoms with Gasteiger partial charge >= 0.3 is 0 Å². The van der Waals surface area contributed by atoms with Crippen molar-refractivity contribution in [2.45, 2.75) is 13.3 Å². The summed E-state index contributed by atoms with van der Waals surface area (Å²) in [4.78, 5) is 3.29. The van der Waals surface area contributed by atoms with Gasteiger partial charge in [0.05, 0.1) is 5.02 Å². The third-order valence-corrected chi connectivity index (χ3v) is 2.79. The van der Waals surface area contributed by atoms with Gasteiger partial charge in [-0.3, -0.25) is 0 Å². The van der Waals surface area contributed by atoms with Crippen LogP contribution in [0.5, 0.6) is 0 Å². The first-order valence-corrected chi connectivity index (χ1v) is 5.07. The van der Waals surface area contributed by atoms with Crippen LogP contribution in [0.3, 0.4) is 0 Å². The van der Waals surface area contributed by atoms with Gasteiger partial charge in [0.1, 0.15) is 0 Å². The average molecular weight is 209 g/mol. The summed E-state index contributed by atoms with van der Waals surface area (Å²) in [6.07, 6.45) is 0.798. The second-order valence-electron chi connectivity index (χ2n) is 3.51. The summed E-state index contributed by atoms with van der Waals surface area (Å²) >= 11 is 6.20. The Morgan fingerprint density at radius 3 is 2.93 bits per heavy atom. The number of aryl methyl sites for hydroxylation is 1. The molecule has 2 rings (SSSR count). The van der Waals surface area contributed by atoms with E-state index in [-0.39, 0.29) is 0 Å². The van der Waals surface area contributed by atoms with Gasteiger partial charge in [0.2, 0.25) is 0 Å². The van der Waals surface area contributed by atoms with Crippen LogP contribution >= 0.6 is 11.6 Å². The Labute approximate surface area is 88.1 Å². The fourth-order valence-corrected chi connectivity index (χ4v) is 1.96. The molecule has 0 aliphatic heterocycles. The van der Waals surface area contributed by atoms with Gasteiger partial charge in [-0.15, -0.1) is 0 Å². The third kappa shape index (κ3) is 1.51. The first-order valence-electron chi connectivity index (χ1n) is 4.69. The normalized spacial score (nSPS) is 11.1. The highest BCUT2D eigenvalue weighted by Crippen LogP contribution is 2.28. The molecule has 0 unspecified atom stereocenters. The maximum absolute atomic E-state index is 6.20. The Bertz CT molecular complexity index is 460. The van der Waals surface area contributed by atoms with Gasteiger partial charge in [0.25, 0.3) is 0 Å². The smallest absolute Gasteiger partial charge is 0.0692 e. The number of hydrogen-bond acceptors (Lipinski definition) is 1. The molecular formula is C11H13ClN2. The Morgan fingerprint density at radius 1 is 1.43 bits per heavy atom. The number of aromatic amines is 1. The van der Waals surface area contributed by atoms with E-state index in [0.717, 1.165) is 28.0 Å². The van der Waals surface area contributed by atoms with Crippen LogP contribution in [0.15, 0.2) is 18.2 Å². The summed E-state index contributed by atoms with van der Waals surface area (Å²) in [5, 5.41) is 1.89. The highest BCUT2D eigenvalue weighted by atomic mass is 35.5. The van der Waals surface area contributed by atoms with Crippen molar-refractivity contribution in [3.05, 3.63) is 34.5 Å². The van der Waals surface area contributed by atoms with Gasteiger partial charge in [-0.05, 0) is 25.1 Å². The number of nitrogens with one attached hydrogen (secondary N) is 1. The number of aromatic nitrogens is 1. The van der Waals surface area contributed by atoms with Crippen LogP contribution in [0.1, 0.15) is 11.3 Å². The van der Waals surface area contributed by atoms with Crippen LogP contribution in [-0.2, 0) is 6.42 Å². The maximum atomic E-state index is 6.20. The fraction of sp³-hybridized carbons (Fsp3) is 0.273. The number of halogens is 1. The Balaban J connectivity index is 2.61. The Morgan fingerprint density at radius 2 is 2.21 bits per heavy atom. The molecule has 0 aliphatic carbocycles. The molecule has 0 fully saturated rings. The Kier molecular flexibility index (Phi) is 2.48. The Hall–Kier alpha value is -0.990. The van der Waals surface area contributed by atoms with Crippen molar-refractivity contribution >= 4 is 22.5 Å². The minimum Gasteiger partial charge on any atom is -0.357 e. The molecule has 0 bridgehead atoms. The molecular weight excluding hydrogens is 196 g/mol. The highest BCUT2D eigenvalue weighted by molar-refractivity contribution is 6.36. The summed E-state index contributed by atoms with van der Waals surface area (Å²) in [7, 11) is 0. The summed E-state index contributed by atoms with van der Waals surface area (Å²) < 4.78 is 0. The van der Waals surface area contributed by atoms with Gasteiger partial charge in [-0.25, -0.2) is 0 Å². The van der Waals surface area contributed by atoms with Gasteiger partial charge < -0.3 is 10.7 Å². The molecule has 2 aromatic rings. The molecule has 0 aliphatic rings. The third-order valence-electron chi connectivity index (χ3n) is 2.36. The van der Waals surface area contributed by atoms with Crippen molar-refractivity contribution in [2.24, 2.45) is 5.73 Å². The zero-order valence-electron chi connectivity index (χ0n) is 8.10. The number of benzene rings is 1. The second kappa shape index (κ2) is 3.64. The fourth-order valence-electron chi connectivity index (χ4n) is 1.65. The summed E-state index contributed by atoms with van der Waals surface area (Å²) in [6, 6.07) is 6.21. The molecule has 1 aromatic carbocycles. The number of rotatable bonds is 2. The quantitative estimate of drug-likeness (QED) is 0.783. The molecule has 1 aromatic heterocycles. The van der Waals surface area contributed by atoms with Crippen molar-refractivity contribution in [2.75, 3.05) is 6.54 Å². The van der Waals surface area contributed by atoms with Gasteiger partial charge in [-0.1, -0.05) is 23.7 Å². The number of fused-ring (bicyclic) bond motifs is 1. The summed E-state index contributed by atoms with van der Waals surface area (Å²) in [6.45, 7) is 2.68. The van der Waals surface area contributed by atoms with Crippen molar-refractivity contribution in [3.8, 4) is 0 Å². The van der Waals surface area contributed by atoms with E-state index in [1.165, 1.54) is 5.56 Å². The molecule has 14 heavy (non-hydrogen) atoms. The standard InChI is InChI=1S/C11H13ClN2/c1-7-2-3-8-10(6-7)14-9(4-5-13)11(8)12/h2-3,6,14H,4-5,13H2,1H3. The predicted octanol–water partition coefficient (Wildman–Crippen LogP) is 2.63. The number of nitrogens with two attached hydrogens (primary N) is 1. The second-order valence-corrected chi connectivity index (χ2v) is 3.88. The van der Waals surface area contributed by atoms with E-state index in [9.17, 15) is 0 Å². The molecule has 0 atom stereocenters. The number of hydrogen-bond donors (Lipinski definition) is 2. The van der Waals surface area contributed by atoms with E-state index in [1.807, 2.05) is 6.07 Å². The van der Waals surface area contributed by atoms with E-state index in [0.29, 0.717) is 6.54 Å².